The monoisotopic (exact) mass is 378 g/mol. The zero-order valence-electron chi connectivity index (χ0n) is 16.0. The van der Waals surface area contributed by atoms with Crippen molar-refractivity contribution in [3.63, 3.8) is 0 Å². The first kappa shape index (κ1) is 19.3. The number of phenolic OH excluding ortho intramolecular Hbond substituents is 1. The summed E-state index contributed by atoms with van der Waals surface area (Å²) < 4.78 is 4.61. The Hall–Kier alpha value is -3.48. The number of hydrogen-bond acceptors (Lipinski definition) is 6. The zero-order chi connectivity index (χ0) is 20.3. The highest BCUT2D eigenvalue weighted by Crippen LogP contribution is 2.29. The first-order valence-electron chi connectivity index (χ1n) is 8.88. The molecule has 1 atom stereocenters. The van der Waals surface area contributed by atoms with Crippen LogP contribution in [-0.4, -0.2) is 40.0 Å². The van der Waals surface area contributed by atoms with Gasteiger partial charge in [-0.2, -0.15) is 0 Å². The van der Waals surface area contributed by atoms with E-state index in [0.29, 0.717) is 22.6 Å². The van der Waals surface area contributed by atoms with Gasteiger partial charge in [-0.25, -0.2) is 14.8 Å². The molecule has 0 aliphatic heterocycles. The second-order valence-electron chi connectivity index (χ2n) is 6.65. The first-order valence-corrected chi connectivity index (χ1v) is 8.88. The van der Waals surface area contributed by atoms with Crippen LogP contribution < -0.4 is 5.32 Å². The number of methoxy groups -OCH3 is 1. The summed E-state index contributed by atoms with van der Waals surface area (Å²) in [6, 6.07) is 12.3. The summed E-state index contributed by atoms with van der Waals surface area (Å²) in [6.07, 6.45) is -0.270. The fraction of sp³-hybridized carbons (Fsp3) is 0.238. The third kappa shape index (κ3) is 4.09. The number of aromatic nitrogens is 2. The van der Waals surface area contributed by atoms with Gasteiger partial charge in [-0.15, -0.1) is 0 Å². The number of carbonyl (C=O) groups excluding carboxylic acids is 1. The Morgan fingerprint density at radius 3 is 2.71 bits per heavy atom. The second kappa shape index (κ2) is 8.04. The fourth-order valence-electron chi connectivity index (χ4n) is 2.97. The molecule has 3 aromatic rings. The number of nitrogens with zero attached hydrogens (tertiary/aromatic N) is 2. The van der Waals surface area contributed by atoms with E-state index < -0.39 is 6.09 Å². The molecule has 0 spiro atoms. The molecule has 2 aromatic carbocycles. The number of hydrogen-bond donors (Lipinski definition) is 3. The summed E-state index contributed by atoms with van der Waals surface area (Å²) in [6.45, 7) is 3.76. The minimum atomic E-state index is -0.543. The smallest absolute Gasteiger partial charge is 0.407 e. The number of carbonyl (C=O) groups is 1. The molecule has 0 saturated carbocycles. The second-order valence-corrected chi connectivity index (χ2v) is 6.65. The third-order valence-electron chi connectivity index (χ3n) is 4.34. The van der Waals surface area contributed by atoms with Crippen molar-refractivity contribution in [3.8, 4) is 17.1 Å². The highest BCUT2D eigenvalue weighted by Gasteiger charge is 2.18. The number of ether oxygens (including phenoxy) is 1. The Morgan fingerprint density at radius 1 is 1.25 bits per heavy atom. The molecule has 0 aliphatic carbocycles. The summed E-state index contributed by atoms with van der Waals surface area (Å²) in [5.41, 5.74) is 2.97. The first-order chi connectivity index (χ1) is 13.4. The molecule has 0 unspecified atom stereocenters. The van der Waals surface area contributed by atoms with Gasteiger partial charge in [-0.1, -0.05) is 24.3 Å². The lowest BCUT2D eigenvalue weighted by atomic mass is 10.0. The van der Waals surface area contributed by atoms with E-state index in [-0.39, 0.29) is 23.9 Å². The van der Waals surface area contributed by atoms with Gasteiger partial charge < -0.3 is 20.6 Å². The largest absolute Gasteiger partial charge is 0.507 e. The predicted molar refractivity (Wildman–Crippen MR) is 108 cm³/mol. The Labute approximate surface area is 162 Å². The lowest BCUT2D eigenvalue weighted by Gasteiger charge is -2.15. The van der Waals surface area contributed by atoms with Crippen molar-refractivity contribution < 1.29 is 14.6 Å². The number of amides is 1. The topological polar surface area (TPSA) is 108 Å². The predicted octanol–water partition coefficient (Wildman–Crippen LogP) is 3.81. The standard InChI is InChI=1S/C21H22N4O3/c1-12-8-9-14-17(10-12)24-20(15-6-4-5-7-18(15)26)25-19(14)16(22)11-13(2)23-21(27)28-3/h4-10,13,22,26H,11H2,1-3H3,(H,23,27)/t13-/m1/s1. The van der Waals surface area contributed by atoms with Gasteiger partial charge in [-0.05, 0) is 37.6 Å². The van der Waals surface area contributed by atoms with Gasteiger partial charge in [0.1, 0.15) is 5.75 Å². The van der Waals surface area contributed by atoms with Crippen LogP contribution >= 0.6 is 0 Å². The molecule has 1 amide bonds. The third-order valence-corrected chi connectivity index (χ3v) is 4.34. The number of aryl methyl sites for hydroxylation is 1. The van der Waals surface area contributed by atoms with Crippen LogP contribution in [0.4, 0.5) is 4.79 Å². The maximum Gasteiger partial charge on any atom is 0.407 e. The van der Waals surface area contributed by atoms with Crippen molar-refractivity contribution in [2.45, 2.75) is 26.3 Å². The van der Waals surface area contributed by atoms with Crippen molar-refractivity contribution in [2.75, 3.05) is 7.11 Å². The van der Waals surface area contributed by atoms with Crippen LogP contribution in [0.15, 0.2) is 42.5 Å². The SMILES string of the molecule is COC(=O)N[C@H](C)CC(=N)c1nc(-c2ccccc2O)nc2cc(C)ccc12. The molecule has 28 heavy (non-hydrogen) atoms. The lowest BCUT2D eigenvalue weighted by molar-refractivity contribution is 0.167. The molecule has 0 saturated heterocycles. The summed E-state index contributed by atoms with van der Waals surface area (Å²) in [5.74, 6) is 0.428. The molecule has 0 fully saturated rings. The van der Waals surface area contributed by atoms with Gasteiger partial charge in [0.25, 0.3) is 0 Å². The number of alkyl carbamates (subject to hydrolysis) is 1. The lowest BCUT2D eigenvalue weighted by Crippen LogP contribution is -2.34. The minimum absolute atomic E-state index is 0.0766. The van der Waals surface area contributed by atoms with E-state index in [4.69, 9.17) is 5.41 Å². The molecule has 0 bridgehead atoms. The molecule has 7 nitrogen and oxygen atoms in total. The van der Waals surface area contributed by atoms with E-state index >= 15 is 0 Å². The van der Waals surface area contributed by atoms with Gasteiger partial charge >= 0.3 is 6.09 Å². The number of rotatable bonds is 5. The summed E-state index contributed by atoms with van der Waals surface area (Å²) in [7, 11) is 1.30. The zero-order valence-corrected chi connectivity index (χ0v) is 16.0. The Bertz CT molecular complexity index is 1050. The number of aromatic hydroxyl groups is 1. The van der Waals surface area contributed by atoms with Gasteiger partial charge in [0.05, 0.1) is 29.6 Å². The van der Waals surface area contributed by atoms with Crippen LogP contribution in [0.1, 0.15) is 24.6 Å². The van der Waals surface area contributed by atoms with Crippen LogP contribution in [0.3, 0.4) is 0 Å². The molecule has 144 valence electrons. The van der Waals surface area contributed by atoms with Crippen molar-refractivity contribution in [3.05, 3.63) is 53.7 Å². The van der Waals surface area contributed by atoms with Crippen LogP contribution in [0, 0.1) is 12.3 Å². The van der Waals surface area contributed by atoms with Crippen molar-refractivity contribution in [2.24, 2.45) is 0 Å². The molecule has 0 aliphatic rings. The van der Waals surface area contributed by atoms with Crippen LogP contribution in [0.2, 0.25) is 0 Å². The Kier molecular flexibility index (Phi) is 5.54. The maximum absolute atomic E-state index is 11.4. The van der Waals surface area contributed by atoms with Gasteiger partial charge in [-0.3, -0.25) is 0 Å². The minimum Gasteiger partial charge on any atom is -0.507 e. The molecule has 1 heterocycles. The molecular weight excluding hydrogens is 356 g/mol. The highest BCUT2D eigenvalue weighted by molar-refractivity contribution is 6.07. The van der Waals surface area contributed by atoms with Crippen LogP contribution in [-0.2, 0) is 4.74 Å². The normalized spacial score (nSPS) is 11.8. The molecule has 3 N–H and O–H groups in total. The molecule has 1 aromatic heterocycles. The van der Waals surface area contributed by atoms with Gasteiger partial charge in [0, 0.05) is 17.8 Å². The summed E-state index contributed by atoms with van der Waals surface area (Å²) >= 11 is 0. The van der Waals surface area contributed by atoms with Gasteiger partial charge in [0.2, 0.25) is 0 Å². The van der Waals surface area contributed by atoms with Crippen molar-refractivity contribution in [1.82, 2.24) is 15.3 Å². The average molecular weight is 378 g/mol. The quantitative estimate of drug-likeness (QED) is 0.585. The average Bonchev–Trinajstić information content (AvgIpc) is 2.66. The number of para-hydroxylation sites is 1. The van der Waals surface area contributed by atoms with E-state index in [1.54, 1.807) is 31.2 Å². The van der Waals surface area contributed by atoms with Gasteiger partial charge in [0.15, 0.2) is 5.82 Å². The number of phenols is 1. The van der Waals surface area contributed by atoms with E-state index in [0.717, 1.165) is 10.9 Å². The van der Waals surface area contributed by atoms with E-state index in [1.807, 2.05) is 25.1 Å². The summed E-state index contributed by atoms with van der Waals surface area (Å²) in [5, 5.41) is 22.2. The fourth-order valence-corrected chi connectivity index (χ4v) is 2.97. The summed E-state index contributed by atoms with van der Waals surface area (Å²) in [4.78, 5) is 20.6. The maximum atomic E-state index is 11.4. The van der Waals surface area contributed by atoms with Crippen molar-refractivity contribution in [1.29, 1.82) is 5.41 Å². The van der Waals surface area contributed by atoms with E-state index in [9.17, 15) is 9.90 Å². The van der Waals surface area contributed by atoms with Crippen LogP contribution in [0.5, 0.6) is 5.75 Å². The molecular formula is C21H22N4O3. The number of fused-ring (bicyclic) bond motifs is 1. The number of benzene rings is 2. The Balaban J connectivity index is 2.06. The molecule has 0 radical (unpaired) electrons. The highest BCUT2D eigenvalue weighted by atomic mass is 16.5. The van der Waals surface area contributed by atoms with E-state index in [2.05, 4.69) is 20.0 Å². The Morgan fingerprint density at radius 2 is 2.00 bits per heavy atom. The number of nitrogens with one attached hydrogen (secondary N) is 2. The van der Waals surface area contributed by atoms with Crippen molar-refractivity contribution >= 4 is 22.7 Å². The molecule has 7 heteroatoms. The van der Waals surface area contributed by atoms with E-state index in [1.165, 1.54) is 7.11 Å². The molecule has 3 rings (SSSR count). The van der Waals surface area contributed by atoms with Crippen LogP contribution in [0.25, 0.3) is 22.3 Å².